The first-order valence-corrected chi connectivity index (χ1v) is 10.3. The van der Waals surface area contributed by atoms with Gasteiger partial charge in [-0.25, -0.2) is 0 Å². The van der Waals surface area contributed by atoms with Crippen LogP contribution in [0.2, 0.25) is 10.0 Å². The zero-order valence-corrected chi connectivity index (χ0v) is 18.6. The zero-order chi connectivity index (χ0) is 22.4. The maximum Gasteiger partial charge on any atom is 0.266 e. The van der Waals surface area contributed by atoms with Crippen LogP contribution in [0.1, 0.15) is 22.3 Å². The molecular weight excluding hydrogens is 431 g/mol. The van der Waals surface area contributed by atoms with Crippen LogP contribution in [-0.2, 0) is 11.2 Å². The second kappa shape index (κ2) is 10.2. The fraction of sp³-hybridized carbons (Fsp3) is 0.120. The number of halogens is 2. The number of nitrogens with one attached hydrogen (secondary N) is 1. The van der Waals surface area contributed by atoms with Crippen LogP contribution in [0.4, 0.5) is 5.69 Å². The molecule has 0 unspecified atom stereocenters. The summed E-state index contributed by atoms with van der Waals surface area (Å²) in [6, 6.07) is 20.3. The van der Waals surface area contributed by atoms with Gasteiger partial charge in [0, 0.05) is 27.7 Å². The first-order valence-electron chi connectivity index (χ1n) is 9.51. The molecule has 3 aromatic rings. The van der Waals surface area contributed by atoms with Crippen molar-refractivity contribution in [3.63, 3.8) is 0 Å². The Balaban J connectivity index is 1.90. The monoisotopic (exact) mass is 450 g/mol. The Hall–Kier alpha value is -3.26. The van der Waals surface area contributed by atoms with Crippen molar-refractivity contribution in [3.05, 3.63) is 98.5 Å². The van der Waals surface area contributed by atoms with E-state index in [1.807, 2.05) is 55.5 Å². The average molecular weight is 451 g/mol. The van der Waals surface area contributed by atoms with E-state index >= 15 is 0 Å². The molecule has 6 heteroatoms. The van der Waals surface area contributed by atoms with Crippen LogP contribution in [0.5, 0.6) is 5.75 Å². The predicted molar refractivity (Wildman–Crippen MR) is 126 cm³/mol. The van der Waals surface area contributed by atoms with Gasteiger partial charge in [0.2, 0.25) is 0 Å². The van der Waals surface area contributed by atoms with Gasteiger partial charge in [-0.05, 0) is 60.0 Å². The van der Waals surface area contributed by atoms with E-state index in [0.29, 0.717) is 33.5 Å². The molecule has 0 fully saturated rings. The van der Waals surface area contributed by atoms with Gasteiger partial charge in [-0.3, -0.25) is 4.79 Å². The van der Waals surface area contributed by atoms with Gasteiger partial charge in [-0.2, -0.15) is 5.26 Å². The number of anilines is 1. The molecule has 1 amide bonds. The summed E-state index contributed by atoms with van der Waals surface area (Å²) in [6.45, 7) is 1.93. The van der Waals surface area contributed by atoms with E-state index in [0.717, 1.165) is 16.7 Å². The van der Waals surface area contributed by atoms with E-state index in [9.17, 15) is 10.1 Å². The number of amides is 1. The highest BCUT2D eigenvalue weighted by Gasteiger charge is 2.15. The molecular formula is C25H20Cl2N2O2. The SMILES string of the molecule is COc1cc(/C=C(\C#N)C(=O)Nc2cccc(C)c2)cc(Cl)c1Cc1ccccc1Cl. The Bertz CT molecular complexity index is 1200. The number of ether oxygens (including phenoxy) is 1. The van der Waals surface area contributed by atoms with E-state index in [-0.39, 0.29) is 5.57 Å². The lowest BCUT2D eigenvalue weighted by Crippen LogP contribution is -2.13. The smallest absolute Gasteiger partial charge is 0.266 e. The number of carbonyl (C=O) groups is 1. The first kappa shape index (κ1) is 22.4. The minimum atomic E-state index is -0.497. The third-order valence-corrected chi connectivity index (χ3v) is 5.38. The summed E-state index contributed by atoms with van der Waals surface area (Å²) in [6.07, 6.45) is 1.98. The van der Waals surface area contributed by atoms with Gasteiger partial charge in [0.05, 0.1) is 7.11 Å². The Morgan fingerprint density at radius 3 is 2.55 bits per heavy atom. The van der Waals surface area contributed by atoms with Crippen LogP contribution >= 0.6 is 23.2 Å². The van der Waals surface area contributed by atoms with Crippen molar-refractivity contribution in [1.82, 2.24) is 0 Å². The highest BCUT2D eigenvalue weighted by atomic mass is 35.5. The maximum absolute atomic E-state index is 12.6. The molecule has 0 aliphatic carbocycles. The van der Waals surface area contributed by atoms with Crippen LogP contribution in [0.3, 0.4) is 0 Å². The highest BCUT2D eigenvalue weighted by Crippen LogP contribution is 2.33. The molecule has 0 heterocycles. The summed E-state index contributed by atoms with van der Waals surface area (Å²) in [5, 5.41) is 13.3. The molecule has 31 heavy (non-hydrogen) atoms. The summed E-state index contributed by atoms with van der Waals surface area (Å²) in [4.78, 5) is 12.6. The molecule has 0 radical (unpaired) electrons. The summed E-state index contributed by atoms with van der Waals surface area (Å²) in [5.74, 6) is 0.0541. The molecule has 0 saturated heterocycles. The van der Waals surface area contributed by atoms with E-state index in [1.54, 1.807) is 25.3 Å². The van der Waals surface area contributed by atoms with Crippen molar-refractivity contribution < 1.29 is 9.53 Å². The number of nitrogens with zero attached hydrogens (tertiary/aromatic N) is 1. The number of methoxy groups -OCH3 is 1. The molecule has 156 valence electrons. The van der Waals surface area contributed by atoms with Crippen LogP contribution in [0.15, 0.2) is 66.2 Å². The predicted octanol–water partition coefficient (Wildman–Crippen LogP) is 6.45. The average Bonchev–Trinajstić information content (AvgIpc) is 2.74. The number of rotatable bonds is 6. The second-order valence-electron chi connectivity index (χ2n) is 6.95. The standard InChI is InChI=1S/C25H20Cl2N2O2/c1-16-6-5-8-20(10-16)29-25(30)19(15-28)11-17-12-23(27)21(24(13-17)31-2)14-18-7-3-4-9-22(18)26/h3-13H,14H2,1-2H3,(H,29,30)/b19-11+. The molecule has 0 aliphatic heterocycles. The number of nitriles is 1. The van der Waals surface area contributed by atoms with Gasteiger partial charge in [0.1, 0.15) is 17.4 Å². The number of hydrogen-bond donors (Lipinski definition) is 1. The lowest BCUT2D eigenvalue weighted by Gasteiger charge is -2.13. The number of carbonyl (C=O) groups excluding carboxylic acids is 1. The van der Waals surface area contributed by atoms with Gasteiger partial charge in [0.25, 0.3) is 5.91 Å². The molecule has 0 bridgehead atoms. The number of aryl methyl sites for hydroxylation is 1. The summed E-state index contributed by atoms with van der Waals surface area (Å²) in [5.41, 5.74) is 3.86. The Morgan fingerprint density at radius 2 is 1.87 bits per heavy atom. The molecule has 0 spiro atoms. The van der Waals surface area contributed by atoms with Crippen molar-refractivity contribution in [3.8, 4) is 11.8 Å². The van der Waals surface area contributed by atoms with Crippen molar-refractivity contribution in [2.75, 3.05) is 12.4 Å². The normalized spacial score (nSPS) is 11.0. The van der Waals surface area contributed by atoms with Gasteiger partial charge >= 0.3 is 0 Å². The molecule has 0 aliphatic rings. The molecule has 3 rings (SSSR count). The maximum atomic E-state index is 12.6. The Kier molecular flexibility index (Phi) is 7.36. The topological polar surface area (TPSA) is 62.1 Å². The Morgan fingerprint density at radius 1 is 1.10 bits per heavy atom. The minimum absolute atomic E-state index is 0.0431. The molecule has 4 nitrogen and oxygen atoms in total. The third-order valence-electron chi connectivity index (χ3n) is 4.67. The highest BCUT2D eigenvalue weighted by molar-refractivity contribution is 6.32. The quantitative estimate of drug-likeness (QED) is 0.346. The van der Waals surface area contributed by atoms with E-state index in [4.69, 9.17) is 27.9 Å². The van der Waals surface area contributed by atoms with Crippen molar-refractivity contribution in [1.29, 1.82) is 5.26 Å². The minimum Gasteiger partial charge on any atom is -0.496 e. The third kappa shape index (κ3) is 5.67. The Labute approximate surface area is 191 Å². The first-order chi connectivity index (χ1) is 14.9. The van der Waals surface area contributed by atoms with E-state index in [2.05, 4.69) is 5.32 Å². The van der Waals surface area contributed by atoms with Crippen molar-refractivity contribution >= 4 is 40.9 Å². The molecule has 3 aromatic carbocycles. The lowest BCUT2D eigenvalue weighted by molar-refractivity contribution is -0.112. The zero-order valence-electron chi connectivity index (χ0n) is 17.1. The fourth-order valence-electron chi connectivity index (χ4n) is 3.14. The van der Waals surface area contributed by atoms with Gasteiger partial charge < -0.3 is 10.1 Å². The molecule has 0 atom stereocenters. The van der Waals surface area contributed by atoms with Gasteiger partial charge in [0.15, 0.2) is 0 Å². The summed E-state index contributed by atoms with van der Waals surface area (Å²) in [7, 11) is 1.55. The lowest BCUT2D eigenvalue weighted by atomic mass is 10.0. The largest absolute Gasteiger partial charge is 0.496 e. The van der Waals surface area contributed by atoms with E-state index in [1.165, 1.54) is 6.08 Å². The molecule has 0 saturated carbocycles. The van der Waals surface area contributed by atoms with E-state index < -0.39 is 5.91 Å². The van der Waals surface area contributed by atoms with Crippen molar-refractivity contribution in [2.45, 2.75) is 13.3 Å². The van der Waals surface area contributed by atoms with Crippen LogP contribution < -0.4 is 10.1 Å². The van der Waals surface area contributed by atoms with Crippen LogP contribution in [0.25, 0.3) is 6.08 Å². The van der Waals surface area contributed by atoms with Crippen LogP contribution in [-0.4, -0.2) is 13.0 Å². The number of hydrogen-bond acceptors (Lipinski definition) is 3. The molecule has 0 aromatic heterocycles. The molecule has 1 N–H and O–H groups in total. The van der Waals surface area contributed by atoms with Gasteiger partial charge in [-0.15, -0.1) is 0 Å². The summed E-state index contributed by atoms with van der Waals surface area (Å²) < 4.78 is 5.52. The second-order valence-corrected chi connectivity index (χ2v) is 7.76. The summed E-state index contributed by atoms with van der Waals surface area (Å²) >= 11 is 12.8. The van der Waals surface area contributed by atoms with Crippen LogP contribution in [0, 0.1) is 18.3 Å². The van der Waals surface area contributed by atoms with Crippen molar-refractivity contribution in [2.24, 2.45) is 0 Å². The number of benzene rings is 3. The van der Waals surface area contributed by atoms with Gasteiger partial charge in [-0.1, -0.05) is 53.5 Å². The fourth-order valence-corrected chi connectivity index (χ4v) is 3.63.